The predicted octanol–water partition coefficient (Wildman–Crippen LogP) is 2.89. The van der Waals surface area contributed by atoms with E-state index in [4.69, 9.17) is 0 Å². The van der Waals surface area contributed by atoms with Gasteiger partial charge in [0.25, 0.3) is 0 Å². The summed E-state index contributed by atoms with van der Waals surface area (Å²) in [5.41, 5.74) is 0.349. The van der Waals surface area contributed by atoms with Gasteiger partial charge >= 0.3 is 0 Å². The normalized spacial score (nSPS) is 14.6. The van der Waals surface area contributed by atoms with Crippen molar-refractivity contribution in [3.05, 3.63) is 0 Å². The molecule has 1 N–H and O–H groups in total. The maximum atomic E-state index is 3.45. The zero-order chi connectivity index (χ0) is 11.9. The molecule has 0 saturated carbocycles. The fraction of sp³-hybridized carbons (Fsp3) is 1.00. The van der Waals surface area contributed by atoms with E-state index < -0.39 is 0 Å². The first-order chi connectivity index (χ1) is 6.94. The van der Waals surface area contributed by atoms with E-state index in [2.05, 4.69) is 51.9 Å². The van der Waals surface area contributed by atoms with E-state index >= 15 is 0 Å². The molecule has 0 aromatic carbocycles. The van der Waals surface area contributed by atoms with E-state index in [1.54, 1.807) is 0 Å². The van der Waals surface area contributed by atoms with Gasteiger partial charge in [-0.2, -0.15) is 0 Å². The van der Waals surface area contributed by atoms with Gasteiger partial charge in [0, 0.05) is 11.6 Å². The molecular formula is C13H30N2. The van der Waals surface area contributed by atoms with Crippen LogP contribution < -0.4 is 5.32 Å². The maximum absolute atomic E-state index is 3.45. The molecule has 92 valence electrons. The monoisotopic (exact) mass is 214 g/mol. The minimum absolute atomic E-state index is 0.349. The Morgan fingerprint density at radius 2 is 1.87 bits per heavy atom. The van der Waals surface area contributed by atoms with Crippen LogP contribution in [0.3, 0.4) is 0 Å². The minimum atomic E-state index is 0.349. The molecule has 15 heavy (non-hydrogen) atoms. The first-order valence-corrected chi connectivity index (χ1v) is 6.38. The van der Waals surface area contributed by atoms with E-state index in [0.29, 0.717) is 11.6 Å². The van der Waals surface area contributed by atoms with Crippen LogP contribution in [0.2, 0.25) is 0 Å². The molecule has 2 nitrogen and oxygen atoms in total. The first kappa shape index (κ1) is 14.9. The number of nitrogens with one attached hydrogen (secondary N) is 1. The summed E-state index contributed by atoms with van der Waals surface area (Å²) >= 11 is 0. The molecule has 0 aliphatic rings. The second-order valence-electron chi connectivity index (χ2n) is 5.19. The van der Waals surface area contributed by atoms with Gasteiger partial charge in [-0.05, 0) is 60.2 Å². The van der Waals surface area contributed by atoms with E-state index in [-0.39, 0.29) is 0 Å². The number of hydrogen-bond acceptors (Lipinski definition) is 2. The van der Waals surface area contributed by atoms with Gasteiger partial charge in [-0.3, -0.25) is 0 Å². The van der Waals surface area contributed by atoms with E-state index in [1.807, 2.05) is 0 Å². The third-order valence-corrected chi connectivity index (χ3v) is 3.58. The number of nitrogens with zero attached hydrogens (tertiary/aromatic N) is 1. The molecule has 0 aliphatic heterocycles. The maximum Gasteiger partial charge on any atom is 0.0147 e. The summed E-state index contributed by atoms with van der Waals surface area (Å²) in [5.74, 6) is 0. The average molecular weight is 214 g/mol. The van der Waals surface area contributed by atoms with Crippen molar-refractivity contribution >= 4 is 0 Å². The molecule has 0 amide bonds. The van der Waals surface area contributed by atoms with Crippen molar-refractivity contribution < 1.29 is 0 Å². The van der Waals surface area contributed by atoms with Crippen LogP contribution in [0.4, 0.5) is 0 Å². The molecule has 1 unspecified atom stereocenters. The summed E-state index contributed by atoms with van der Waals surface area (Å²) in [6.45, 7) is 13.6. The Balaban J connectivity index is 3.67. The second kappa shape index (κ2) is 7.24. The van der Waals surface area contributed by atoms with Crippen LogP contribution in [-0.4, -0.2) is 36.6 Å². The Morgan fingerprint density at radius 1 is 1.27 bits per heavy atom. The molecule has 1 atom stereocenters. The molecule has 0 fully saturated rings. The van der Waals surface area contributed by atoms with Gasteiger partial charge < -0.3 is 10.2 Å². The quantitative estimate of drug-likeness (QED) is 0.668. The van der Waals surface area contributed by atoms with Crippen LogP contribution in [0.25, 0.3) is 0 Å². The molecule has 0 spiro atoms. The number of hydrogen-bond donors (Lipinski definition) is 1. The molecular weight excluding hydrogens is 184 g/mol. The van der Waals surface area contributed by atoms with Crippen LogP contribution >= 0.6 is 0 Å². The Hall–Kier alpha value is -0.0800. The Kier molecular flexibility index (Phi) is 7.20. The highest BCUT2D eigenvalue weighted by atomic mass is 15.2. The topological polar surface area (TPSA) is 15.3 Å². The Labute approximate surface area is 96.4 Å². The zero-order valence-corrected chi connectivity index (χ0v) is 11.6. The molecule has 2 heteroatoms. The lowest BCUT2D eigenvalue weighted by atomic mass is 9.99. The average Bonchev–Trinajstić information content (AvgIpc) is 2.18. The predicted molar refractivity (Wildman–Crippen MR) is 69.4 cm³/mol. The van der Waals surface area contributed by atoms with Gasteiger partial charge in [-0.25, -0.2) is 0 Å². The molecule has 0 bridgehead atoms. The number of rotatable bonds is 8. The van der Waals surface area contributed by atoms with Crippen LogP contribution in [0.1, 0.15) is 53.9 Å². The molecule has 0 radical (unpaired) electrons. The Bertz CT molecular complexity index is 155. The van der Waals surface area contributed by atoms with Gasteiger partial charge in [0.05, 0.1) is 0 Å². The summed E-state index contributed by atoms with van der Waals surface area (Å²) in [5, 5.41) is 3.45. The minimum Gasteiger partial charge on any atom is -0.315 e. The van der Waals surface area contributed by atoms with Gasteiger partial charge in [-0.15, -0.1) is 0 Å². The van der Waals surface area contributed by atoms with Crippen molar-refractivity contribution in [3.8, 4) is 0 Å². The highest BCUT2D eigenvalue weighted by Gasteiger charge is 2.20. The highest BCUT2D eigenvalue weighted by Crippen LogP contribution is 2.16. The third-order valence-electron chi connectivity index (χ3n) is 3.58. The smallest absolute Gasteiger partial charge is 0.0147 e. The van der Waals surface area contributed by atoms with Crippen molar-refractivity contribution in [3.63, 3.8) is 0 Å². The van der Waals surface area contributed by atoms with Gasteiger partial charge in [0.15, 0.2) is 0 Å². The summed E-state index contributed by atoms with van der Waals surface area (Å²) in [6, 6.07) is 0.660. The zero-order valence-electron chi connectivity index (χ0n) is 11.6. The van der Waals surface area contributed by atoms with Crippen molar-refractivity contribution in [2.75, 3.05) is 20.1 Å². The fourth-order valence-electron chi connectivity index (χ4n) is 1.66. The first-order valence-electron chi connectivity index (χ1n) is 6.38. The second-order valence-corrected chi connectivity index (χ2v) is 5.19. The van der Waals surface area contributed by atoms with Crippen LogP contribution in [0, 0.1) is 0 Å². The molecule has 0 aromatic rings. The summed E-state index contributed by atoms with van der Waals surface area (Å²) in [4.78, 5) is 2.48. The molecule has 0 aliphatic carbocycles. The highest BCUT2D eigenvalue weighted by molar-refractivity contribution is 4.77. The van der Waals surface area contributed by atoms with E-state index in [9.17, 15) is 0 Å². The van der Waals surface area contributed by atoms with Crippen molar-refractivity contribution in [2.45, 2.75) is 65.5 Å². The lowest BCUT2D eigenvalue weighted by Gasteiger charge is -2.35. The van der Waals surface area contributed by atoms with Crippen molar-refractivity contribution in [1.29, 1.82) is 0 Å². The van der Waals surface area contributed by atoms with Gasteiger partial charge in [-0.1, -0.05) is 13.8 Å². The lowest BCUT2D eigenvalue weighted by molar-refractivity contribution is 0.147. The third kappa shape index (κ3) is 6.16. The molecule has 0 rings (SSSR count). The van der Waals surface area contributed by atoms with Crippen molar-refractivity contribution in [1.82, 2.24) is 10.2 Å². The molecule has 0 saturated heterocycles. The Morgan fingerprint density at radius 3 is 2.33 bits per heavy atom. The summed E-state index contributed by atoms with van der Waals surface area (Å²) in [6.07, 6.45) is 3.78. The lowest BCUT2D eigenvalue weighted by Crippen LogP contribution is -2.41. The largest absolute Gasteiger partial charge is 0.315 e. The van der Waals surface area contributed by atoms with E-state index in [0.717, 1.165) is 6.54 Å². The van der Waals surface area contributed by atoms with E-state index in [1.165, 1.54) is 25.8 Å². The van der Waals surface area contributed by atoms with Crippen LogP contribution in [0.5, 0.6) is 0 Å². The van der Waals surface area contributed by atoms with Gasteiger partial charge in [0.1, 0.15) is 0 Å². The standard InChI is InChI=1S/C13H30N2/c1-7-13(4,5)15(6)11-9-10-12(3)14-8-2/h12,14H,7-11H2,1-6H3. The summed E-state index contributed by atoms with van der Waals surface area (Å²) < 4.78 is 0. The fourth-order valence-corrected chi connectivity index (χ4v) is 1.66. The van der Waals surface area contributed by atoms with Crippen LogP contribution in [-0.2, 0) is 0 Å². The molecule has 0 aromatic heterocycles. The SMILES string of the molecule is CCNC(C)CCCN(C)C(C)(C)CC. The van der Waals surface area contributed by atoms with Crippen molar-refractivity contribution in [2.24, 2.45) is 0 Å². The van der Waals surface area contributed by atoms with Gasteiger partial charge in [0.2, 0.25) is 0 Å². The summed E-state index contributed by atoms with van der Waals surface area (Å²) in [7, 11) is 2.24. The van der Waals surface area contributed by atoms with Crippen LogP contribution in [0.15, 0.2) is 0 Å². The molecule has 0 heterocycles.